The van der Waals surface area contributed by atoms with Crippen LogP contribution in [0.5, 0.6) is 0 Å². The largest absolute Gasteiger partial charge is 0.118 e. The van der Waals surface area contributed by atoms with Crippen molar-refractivity contribution >= 4 is 17.7 Å². The van der Waals surface area contributed by atoms with E-state index >= 15 is 0 Å². The Morgan fingerprint density at radius 1 is 1.23 bits per heavy atom. The normalized spacial score (nSPS) is 24.1. The lowest BCUT2D eigenvalue weighted by Gasteiger charge is -2.33. The zero-order chi connectivity index (χ0) is 9.47. The molecule has 0 bridgehead atoms. The summed E-state index contributed by atoms with van der Waals surface area (Å²) in [6, 6.07) is 8.43. The number of benzene rings is 1. The summed E-state index contributed by atoms with van der Waals surface area (Å²) < 4.78 is 0. The molecule has 0 aromatic heterocycles. The number of rotatable bonds is 0. The number of allylic oxidation sites excluding steroid dienone is 1. The van der Waals surface area contributed by atoms with Gasteiger partial charge >= 0.3 is 0 Å². The maximum Gasteiger partial charge on any atom is 0.0610 e. The minimum absolute atomic E-state index is 0.0485. The molecule has 0 nitrogen and oxygen atoms in total. The van der Waals surface area contributed by atoms with Gasteiger partial charge in [0.05, 0.1) is 5.38 Å². The van der Waals surface area contributed by atoms with E-state index in [2.05, 4.69) is 50.3 Å². The number of hydrogen-bond acceptors (Lipinski definition) is 0. The van der Waals surface area contributed by atoms with Crippen LogP contribution in [0.1, 0.15) is 25.0 Å². The van der Waals surface area contributed by atoms with Crippen LogP contribution in [0.2, 0.25) is 0 Å². The average Bonchev–Trinajstić information content (AvgIpc) is 2.13. The molecule has 0 amide bonds. The van der Waals surface area contributed by atoms with Crippen LogP contribution in [0.15, 0.2) is 30.3 Å². The zero-order valence-corrected chi connectivity index (χ0v) is 8.68. The van der Waals surface area contributed by atoms with Crippen LogP contribution in [0, 0.1) is 0 Å². The first kappa shape index (κ1) is 8.83. The van der Waals surface area contributed by atoms with Gasteiger partial charge < -0.3 is 0 Å². The summed E-state index contributed by atoms with van der Waals surface area (Å²) in [5, 5.41) is 0.0994. The first-order valence-corrected chi connectivity index (χ1v) is 4.98. The van der Waals surface area contributed by atoms with Crippen LogP contribution in [-0.4, -0.2) is 5.38 Å². The predicted octanol–water partition coefficient (Wildman–Crippen LogP) is 3.60. The number of fused-ring (bicyclic) bond motifs is 1. The maximum absolute atomic E-state index is 6.25. The second-order valence-electron chi connectivity index (χ2n) is 4.07. The molecule has 68 valence electrons. The highest BCUT2D eigenvalue weighted by Crippen LogP contribution is 2.37. The predicted molar refractivity (Wildman–Crippen MR) is 58.1 cm³/mol. The Labute approximate surface area is 84.2 Å². The number of halogens is 1. The van der Waals surface area contributed by atoms with E-state index in [0.717, 1.165) is 0 Å². The van der Waals surface area contributed by atoms with Crippen LogP contribution in [0.25, 0.3) is 6.08 Å². The standard InChI is InChI=1S/C12H13Cl/c1-12(2)10-6-4-3-5-9(10)7-8-11(12)13/h3-8,11H,1-2H3. The van der Waals surface area contributed by atoms with Crippen molar-refractivity contribution in [1.82, 2.24) is 0 Å². The molecule has 0 aliphatic heterocycles. The van der Waals surface area contributed by atoms with Crippen LogP contribution >= 0.6 is 11.6 Å². The van der Waals surface area contributed by atoms with Gasteiger partial charge in [-0.3, -0.25) is 0 Å². The molecule has 1 aliphatic carbocycles. The third kappa shape index (κ3) is 1.30. The van der Waals surface area contributed by atoms with Gasteiger partial charge in [-0.2, -0.15) is 0 Å². The fourth-order valence-corrected chi connectivity index (χ4v) is 2.00. The van der Waals surface area contributed by atoms with Gasteiger partial charge in [-0.15, -0.1) is 11.6 Å². The van der Waals surface area contributed by atoms with E-state index in [1.54, 1.807) is 0 Å². The van der Waals surface area contributed by atoms with E-state index in [4.69, 9.17) is 11.6 Å². The Hall–Kier alpha value is -0.750. The molecule has 0 spiro atoms. The third-order valence-electron chi connectivity index (χ3n) is 2.79. The lowest BCUT2D eigenvalue weighted by Crippen LogP contribution is -2.30. The molecule has 1 unspecified atom stereocenters. The minimum Gasteiger partial charge on any atom is -0.118 e. The monoisotopic (exact) mass is 192 g/mol. The van der Waals surface area contributed by atoms with Crippen molar-refractivity contribution in [2.45, 2.75) is 24.6 Å². The van der Waals surface area contributed by atoms with Crippen molar-refractivity contribution in [2.24, 2.45) is 0 Å². The van der Waals surface area contributed by atoms with Crippen molar-refractivity contribution in [3.8, 4) is 0 Å². The summed E-state index contributed by atoms with van der Waals surface area (Å²) in [5.41, 5.74) is 2.69. The van der Waals surface area contributed by atoms with Crippen molar-refractivity contribution in [2.75, 3.05) is 0 Å². The van der Waals surface area contributed by atoms with Gasteiger partial charge in [0.15, 0.2) is 0 Å². The van der Waals surface area contributed by atoms with Crippen LogP contribution < -0.4 is 0 Å². The first-order chi connectivity index (χ1) is 6.12. The second-order valence-corrected chi connectivity index (χ2v) is 4.54. The maximum atomic E-state index is 6.25. The summed E-state index contributed by atoms with van der Waals surface area (Å²) in [4.78, 5) is 0. The Bertz CT molecular complexity index is 350. The Morgan fingerprint density at radius 3 is 2.69 bits per heavy atom. The molecule has 0 radical (unpaired) electrons. The number of alkyl halides is 1. The van der Waals surface area contributed by atoms with Crippen LogP contribution in [-0.2, 0) is 5.41 Å². The van der Waals surface area contributed by atoms with Crippen molar-refractivity contribution in [3.63, 3.8) is 0 Å². The summed E-state index contributed by atoms with van der Waals surface area (Å²) in [6.45, 7) is 4.38. The molecule has 0 saturated heterocycles. The molecule has 0 N–H and O–H groups in total. The Balaban J connectivity index is 2.61. The van der Waals surface area contributed by atoms with Crippen LogP contribution in [0.4, 0.5) is 0 Å². The molecule has 1 aromatic carbocycles. The highest BCUT2D eigenvalue weighted by Gasteiger charge is 2.31. The minimum atomic E-state index is 0.0485. The quantitative estimate of drug-likeness (QED) is 0.551. The Kier molecular flexibility index (Phi) is 1.96. The molecular weight excluding hydrogens is 180 g/mol. The van der Waals surface area contributed by atoms with E-state index < -0.39 is 0 Å². The van der Waals surface area contributed by atoms with E-state index in [1.165, 1.54) is 11.1 Å². The van der Waals surface area contributed by atoms with Gasteiger partial charge in [0, 0.05) is 5.41 Å². The molecule has 2 rings (SSSR count). The zero-order valence-electron chi connectivity index (χ0n) is 7.92. The summed E-state index contributed by atoms with van der Waals surface area (Å²) >= 11 is 6.25. The van der Waals surface area contributed by atoms with Gasteiger partial charge in [0.2, 0.25) is 0 Å². The van der Waals surface area contributed by atoms with E-state index in [0.29, 0.717) is 0 Å². The SMILES string of the molecule is CC1(C)c2ccccc2C=CC1Cl. The van der Waals surface area contributed by atoms with Crippen molar-refractivity contribution < 1.29 is 0 Å². The third-order valence-corrected chi connectivity index (χ3v) is 3.48. The molecule has 1 aromatic rings. The fourth-order valence-electron chi connectivity index (χ4n) is 1.81. The summed E-state index contributed by atoms with van der Waals surface area (Å²) in [5.74, 6) is 0. The number of hydrogen-bond donors (Lipinski definition) is 0. The van der Waals surface area contributed by atoms with Gasteiger partial charge in [-0.1, -0.05) is 50.3 Å². The van der Waals surface area contributed by atoms with Gasteiger partial charge in [0.25, 0.3) is 0 Å². The molecule has 0 saturated carbocycles. The highest BCUT2D eigenvalue weighted by atomic mass is 35.5. The lowest BCUT2D eigenvalue weighted by atomic mass is 9.75. The van der Waals surface area contributed by atoms with E-state index in [1.807, 2.05) is 0 Å². The highest BCUT2D eigenvalue weighted by molar-refractivity contribution is 6.23. The van der Waals surface area contributed by atoms with Crippen molar-refractivity contribution in [1.29, 1.82) is 0 Å². The lowest BCUT2D eigenvalue weighted by molar-refractivity contribution is 0.536. The molecule has 13 heavy (non-hydrogen) atoms. The molecule has 1 atom stereocenters. The molecule has 1 heteroatoms. The van der Waals surface area contributed by atoms with E-state index in [-0.39, 0.29) is 10.8 Å². The molecule has 1 aliphatic rings. The van der Waals surface area contributed by atoms with Crippen molar-refractivity contribution in [3.05, 3.63) is 41.5 Å². The van der Waals surface area contributed by atoms with Gasteiger partial charge in [-0.05, 0) is 11.1 Å². The molecular formula is C12H13Cl. The molecule has 0 heterocycles. The fraction of sp³-hybridized carbons (Fsp3) is 0.333. The van der Waals surface area contributed by atoms with Gasteiger partial charge in [0.1, 0.15) is 0 Å². The Morgan fingerprint density at radius 2 is 1.92 bits per heavy atom. The topological polar surface area (TPSA) is 0 Å². The van der Waals surface area contributed by atoms with Gasteiger partial charge in [-0.25, -0.2) is 0 Å². The molecule has 0 fully saturated rings. The van der Waals surface area contributed by atoms with Crippen LogP contribution in [0.3, 0.4) is 0 Å². The first-order valence-electron chi connectivity index (χ1n) is 4.54. The van der Waals surface area contributed by atoms with E-state index in [9.17, 15) is 0 Å². The smallest absolute Gasteiger partial charge is 0.0610 e. The summed E-state index contributed by atoms with van der Waals surface area (Å²) in [7, 11) is 0. The second kappa shape index (κ2) is 2.88. The summed E-state index contributed by atoms with van der Waals surface area (Å²) in [6.07, 6.45) is 4.18. The average molecular weight is 193 g/mol.